The minimum absolute atomic E-state index is 0.346. The van der Waals surface area contributed by atoms with E-state index in [9.17, 15) is 4.39 Å². The number of anilines is 1. The fourth-order valence-electron chi connectivity index (χ4n) is 1.39. The van der Waals surface area contributed by atoms with Gasteiger partial charge in [0.25, 0.3) is 0 Å². The van der Waals surface area contributed by atoms with Crippen molar-refractivity contribution in [2.75, 3.05) is 12.4 Å². The van der Waals surface area contributed by atoms with E-state index in [1.54, 1.807) is 24.5 Å². The Morgan fingerprint density at radius 3 is 2.71 bits per heavy atom. The first-order chi connectivity index (χ1) is 8.28. The maximum atomic E-state index is 13.2. The van der Waals surface area contributed by atoms with Crippen LogP contribution in [0.3, 0.4) is 0 Å². The second kappa shape index (κ2) is 5.25. The molecule has 0 amide bonds. The van der Waals surface area contributed by atoms with Gasteiger partial charge < -0.3 is 10.1 Å². The highest BCUT2D eigenvalue weighted by molar-refractivity contribution is 5.48. The number of hydrogen-bond acceptors (Lipinski definition) is 4. The molecule has 1 heterocycles. The Morgan fingerprint density at radius 2 is 2.00 bits per heavy atom. The van der Waals surface area contributed by atoms with Crippen LogP contribution in [-0.4, -0.2) is 17.1 Å². The molecule has 0 radical (unpaired) electrons. The summed E-state index contributed by atoms with van der Waals surface area (Å²) in [7, 11) is 1.50. The van der Waals surface area contributed by atoms with Crippen molar-refractivity contribution >= 4 is 5.69 Å². The fraction of sp³-hybridized carbons (Fsp3) is 0.167. The molecule has 0 atom stereocenters. The third kappa shape index (κ3) is 3.14. The van der Waals surface area contributed by atoms with Gasteiger partial charge in [-0.1, -0.05) is 0 Å². The molecule has 0 aliphatic carbocycles. The van der Waals surface area contributed by atoms with Gasteiger partial charge in [0.05, 0.1) is 13.7 Å². The molecule has 2 aromatic rings. The van der Waals surface area contributed by atoms with Crippen molar-refractivity contribution < 1.29 is 9.13 Å². The lowest BCUT2D eigenvalue weighted by molar-refractivity contribution is 0.411. The number of ether oxygens (including phenoxy) is 1. The molecule has 1 aromatic carbocycles. The first-order valence-electron chi connectivity index (χ1n) is 5.12. The Bertz CT molecular complexity index is 490. The first kappa shape index (κ1) is 11.3. The molecule has 0 fully saturated rings. The number of rotatable bonds is 4. The molecule has 0 unspecified atom stereocenters. The Morgan fingerprint density at radius 1 is 1.24 bits per heavy atom. The van der Waals surface area contributed by atoms with Crippen LogP contribution in [0, 0.1) is 5.82 Å². The fourth-order valence-corrected chi connectivity index (χ4v) is 1.39. The zero-order chi connectivity index (χ0) is 12.1. The summed E-state index contributed by atoms with van der Waals surface area (Å²) in [5.41, 5.74) is 0.634. The van der Waals surface area contributed by atoms with Gasteiger partial charge in [-0.15, -0.1) is 0 Å². The SMILES string of the molecule is COc1cc(F)cc(NCc2ncccn2)c1. The van der Waals surface area contributed by atoms with Crippen molar-refractivity contribution in [3.8, 4) is 5.75 Å². The Kier molecular flexibility index (Phi) is 3.49. The van der Waals surface area contributed by atoms with Gasteiger partial charge in [-0.05, 0) is 12.1 Å². The van der Waals surface area contributed by atoms with E-state index in [4.69, 9.17) is 4.74 Å². The van der Waals surface area contributed by atoms with Crippen molar-refractivity contribution in [3.05, 3.63) is 48.3 Å². The lowest BCUT2D eigenvalue weighted by Gasteiger charge is -2.07. The molecule has 2 rings (SSSR count). The van der Waals surface area contributed by atoms with Crippen LogP contribution in [0.25, 0.3) is 0 Å². The number of hydrogen-bond donors (Lipinski definition) is 1. The molecule has 17 heavy (non-hydrogen) atoms. The molecule has 4 nitrogen and oxygen atoms in total. The molecule has 88 valence electrons. The molecule has 0 bridgehead atoms. The number of methoxy groups -OCH3 is 1. The minimum atomic E-state index is -0.346. The Labute approximate surface area is 98.5 Å². The number of nitrogens with zero attached hydrogens (tertiary/aromatic N) is 2. The van der Waals surface area contributed by atoms with Crippen LogP contribution in [0.2, 0.25) is 0 Å². The van der Waals surface area contributed by atoms with Gasteiger partial charge in [0.1, 0.15) is 17.4 Å². The monoisotopic (exact) mass is 233 g/mol. The van der Waals surface area contributed by atoms with Gasteiger partial charge in [-0.25, -0.2) is 14.4 Å². The molecule has 0 aliphatic heterocycles. The highest BCUT2D eigenvalue weighted by Crippen LogP contribution is 2.19. The molecule has 0 saturated heterocycles. The van der Waals surface area contributed by atoms with Gasteiger partial charge in [-0.2, -0.15) is 0 Å². The zero-order valence-corrected chi connectivity index (χ0v) is 9.35. The van der Waals surface area contributed by atoms with Crippen molar-refractivity contribution in [1.82, 2.24) is 9.97 Å². The standard InChI is InChI=1S/C12H12FN3O/c1-17-11-6-9(13)5-10(7-11)16-8-12-14-3-2-4-15-12/h2-7,16H,8H2,1H3. The van der Waals surface area contributed by atoms with Crippen LogP contribution in [-0.2, 0) is 6.54 Å². The molecule has 5 heteroatoms. The van der Waals surface area contributed by atoms with Crippen LogP contribution < -0.4 is 10.1 Å². The van der Waals surface area contributed by atoms with Gasteiger partial charge in [0.15, 0.2) is 0 Å². The summed E-state index contributed by atoms with van der Waals surface area (Å²) in [5, 5.41) is 3.03. The van der Waals surface area contributed by atoms with Crippen molar-refractivity contribution in [2.45, 2.75) is 6.54 Å². The molecule has 0 saturated carbocycles. The smallest absolute Gasteiger partial charge is 0.147 e. The van der Waals surface area contributed by atoms with E-state index in [-0.39, 0.29) is 5.82 Å². The van der Waals surface area contributed by atoms with Crippen molar-refractivity contribution in [3.63, 3.8) is 0 Å². The lowest BCUT2D eigenvalue weighted by Crippen LogP contribution is -2.03. The van der Waals surface area contributed by atoms with Crippen LogP contribution in [0.1, 0.15) is 5.82 Å². The molecular formula is C12H12FN3O. The van der Waals surface area contributed by atoms with E-state index in [0.29, 0.717) is 23.8 Å². The van der Waals surface area contributed by atoms with E-state index >= 15 is 0 Å². The Balaban J connectivity index is 2.06. The van der Waals surface area contributed by atoms with E-state index in [0.717, 1.165) is 0 Å². The number of aromatic nitrogens is 2. The molecule has 0 aliphatic rings. The van der Waals surface area contributed by atoms with Gasteiger partial charge in [-0.3, -0.25) is 0 Å². The third-order valence-electron chi connectivity index (χ3n) is 2.18. The Hall–Kier alpha value is -2.17. The topological polar surface area (TPSA) is 47.0 Å². The number of halogens is 1. The average molecular weight is 233 g/mol. The average Bonchev–Trinajstić information content (AvgIpc) is 2.37. The summed E-state index contributed by atoms with van der Waals surface area (Å²) in [6, 6.07) is 6.18. The third-order valence-corrected chi connectivity index (χ3v) is 2.18. The normalized spacial score (nSPS) is 10.0. The summed E-state index contributed by atoms with van der Waals surface area (Å²) < 4.78 is 18.2. The summed E-state index contributed by atoms with van der Waals surface area (Å²) in [5.74, 6) is 0.776. The summed E-state index contributed by atoms with van der Waals surface area (Å²) in [6.07, 6.45) is 3.33. The quantitative estimate of drug-likeness (QED) is 0.879. The molecule has 1 aromatic heterocycles. The predicted molar refractivity (Wildman–Crippen MR) is 62.3 cm³/mol. The molecular weight excluding hydrogens is 221 g/mol. The van der Waals surface area contributed by atoms with E-state index in [2.05, 4.69) is 15.3 Å². The van der Waals surface area contributed by atoms with Gasteiger partial charge >= 0.3 is 0 Å². The maximum Gasteiger partial charge on any atom is 0.147 e. The molecule has 1 N–H and O–H groups in total. The van der Waals surface area contributed by atoms with Crippen LogP contribution in [0.15, 0.2) is 36.7 Å². The van der Waals surface area contributed by atoms with Crippen molar-refractivity contribution in [2.24, 2.45) is 0 Å². The molecule has 0 spiro atoms. The second-order valence-corrected chi connectivity index (χ2v) is 3.40. The largest absolute Gasteiger partial charge is 0.497 e. The first-order valence-corrected chi connectivity index (χ1v) is 5.12. The van der Waals surface area contributed by atoms with Gasteiger partial charge in [0, 0.05) is 30.2 Å². The maximum absolute atomic E-state index is 13.2. The minimum Gasteiger partial charge on any atom is -0.497 e. The van der Waals surface area contributed by atoms with Crippen LogP contribution >= 0.6 is 0 Å². The zero-order valence-electron chi connectivity index (χ0n) is 9.35. The van der Waals surface area contributed by atoms with E-state index < -0.39 is 0 Å². The number of nitrogens with one attached hydrogen (secondary N) is 1. The highest BCUT2D eigenvalue weighted by Gasteiger charge is 2.01. The van der Waals surface area contributed by atoms with Gasteiger partial charge in [0.2, 0.25) is 0 Å². The summed E-state index contributed by atoms with van der Waals surface area (Å²) in [4.78, 5) is 8.12. The lowest BCUT2D eigenvalue weighted by atomic mass is 10.3. The van der Waals surface area contributed by atoms with Crippen molar-refractivity contribution in [1.29, 1.82) is 0 Å². The summed E-state index contributed by atoms with van der Waals surface area (Å²) >= 11 is 0. The highest BCUT2D eigenvalue weighted by atomic mass is 19.1. The van der Waals surface area contributed by atoms with E-state index in [1.807, 2.05) is 0 Å². The van der Waals surface area contributed by atoms with Crippen LogP contribution in [0.5, 0.6) is 5.75 Å². The van der Waals surface area contributed by atoms with E-state index in [1.165, 1.54) is 19.2 Å². The van der Waals surface area contributed by atoms with Crippen LogP contribution in [0.4, 0.5) is 10.1 Å². The number of benzene rings is 1. The summed E-state index contributed by atoms with van der Waals surface area (Å²) in [6.45, 7) is 0.438. The second-order valence-electron chi connectivity index (χ2n) is 3.40. The predicted octanol–water partition coefficient (Wildman–Crippen LogP) is 2.24.